The van der Waals surface area contributed by atoms with E-state index < -0.39 is 0 Å². The van der Waals surface area contributed by atoms with Gasteiger partial charge in [-0.2, -0.15) is 0 Å². The van der Waals surface area contributed by atoms with Gasteiger partial charge in [0.25, 0.3) is 0 Å². The summed E-state index contributed by atoms with van der Waals surface area (Å²) >= 11 is 1.73. The van der Waals surface area contributed by atoms with Crippen molar-refractivity contribution in [1.82, 2.24) is 4.72 Å². The fourth-order valence-corrected chi connectivity index (χ4v) is 2.10. The molecule has 86 valence electrons. The molecular weight excluding hydrogens is 218 g/mol. The van der Waals surface area contributed by atoms with E-state index in [4.69, 9.17) is 4.42 Å². The standard InChI is InChI=1S/C13H17NOS/c1-13(2,3)16-14-9-11-8-10-6-4-5-7-12(10)15-11/h4-8,14H,9H2,1-3H3. The molecule has 16 heavy (non-hydrogen) atoms. The van der Waals surface area contributed by atoms with E-state index in [9.17, 15) is 0 Å². The van der Waals surface area contributed by atoms with Crippen LogP contribution in [0.2, 0.25) is 0 Å². The summed E-state index contributed by atoms with van der Waals surface area (Å²) in [4.78, 5) is 0. The fourth-order valence-electron chi connectivity index (χ4n) is 1.45. The van der Waals surface area contributed by atoms with E-state index in [0.717, 1.165) is 17.9 Å². The van der Waals surface area contributed by atoms with Crippen molar-refractivity contribution in [2.75, 3.05) is 0 Å². The molecule has 0 saturated heterocycles. The van der Waals surface area contributed by atoms with E-state index in [1.54, 1.807) is 11.9 Å². The topological polar surface area (TPSA) is 25.2 Å². The molecule has 0 radical (unpaired) electrons. The Morgan fingerprint density at radius 3 is 2.69 bits per heavy atom. The molecule has 0 amide bonds. The van der Waals surface area contributed by atoms with Gasteiger partial charge >= 0.3 is 0 Å². The van der Waals surface area contributed by atoms with Crippen molar-refractivity contribution >= 4 is 22.9 Å². The monoisotopic (exact) mass is 235 g/mol. The van der Waals surface area contributed by atoms with Crippen LogP contribution in [0.15, 0.2) is 34.7 Å². The number of hydrogen-bond donors (Lipinski definition) is 1. The van der Waals surface area contributed by atoms with E-state index in [-0.39, 0.29) is 4.75 Å². The molecule has 1 aromatic carbocycles. The highest BCUT2D eigenvalue weighted by molar-refractivity contribution is 7.98. The minimum absolute atomic E-state index is 0.228. The van der Waals surface area contributed by atoms with Gasteiger partial charge in [-0.3, -0.25) is 4.72 Å². The summed E-state index contributed by atoms with van der Waals surface area (Å²) in [5.74, 6) is 0.984. The summed E-state index contributed by atoms with van der Waals surface area (Å²) in [7, 11) is 0. The Morgan fingerprint density at radius 1 is 1.25 bits per heavy atom. The molecule has 0 unspecified atom stereocenters. The predicted molar refractivity (Wildman–Crippen MR) is 70.4 cm³/mol. The first-order valence-corrected chi connectivity index (χ1v) is 6.24. The molecule has 2 aromatic rings. The number of furan rings is 1. The molecule has 3 heteroatoms. The quantitative estimate of drug-likeness (QED) is 0.815. The highest BCUT2D eigenvalue weighted by Gasteiger charge is 2.10. The maximum absolute atomic E-state index is 5.71. The Balaban J connectivity index is 2.00. The lowest BCUT2D eigenvalue weighted by atomic mass is 10.2. The molecule has 1 N–H and O–H groups in total. The van der Waals surface area contributed by atoms with Gasteiger partial charge in [0, 0.05) is 10.1 Å². The maximum Gasteiger partial charge on any atom is 0.134 e. The number of nitrogens with one attached hydrogen (secondary N) is 1. The molecule has 2 nitrogen and oxygen atoms in total. The largest absolute Gasteiger partial charge is 0.460 e. The summed E-state index contributed by atoms with van der Waals surface area (Å²) in [6.07, 6.45) is 0. The number of hydrogen-bond acceptors (Lipinski definition) is 3. The van der Waals surface area contributed by atoms with E-state index >= 15 is 0 Å². The van der Waals surface area contributed by atoms with Gasteiger partial charge in [0.15, 0.2) is 0 Å². The first kappa shape index (κ1) is 11.6. The minimum Gasteiger partial charge on any atom is -0.460 e. The molecule has 1 heterocycles. The number of rotatable bonds is 3. The Labute approximate surface area is 101 Å². The normalized spacial score (nSPS) is 12.2. The SMILES string of the molecule is CC(C)(C)SNCc1cc2ccccc2o1. The molecule has 0 atom stereocenters. The second kappa shape index (κ2) is 4.52. The molecule has 0 bridgehead atoms. The van der Waals surface area contributed by atoms with Crippen LogP contribution in [0.4, 0.5) is 0 Å². The van der Waals surface area contributed by atoms with Gasteiger partial charge in [0.1, 0.15) is 11.3 Å². The van der Waals surface area contributed by atoms with E-state index in [1.165, 1.54) is 5.39 Å². The van der Waals surface area contributed by atoms with Crippen molar-refractivity contribution < 1.29 is 4.42 Å². The van der Waals surface area contributed by atoms with Crippen LogP contribution in [0, 0.1) is 0 Å². The van der Waals surface area contributed by atoms with Gasteiger partial charge in [0.2, 0.25) is 0 Å². The molecule has 0 fully saturated rings. The van der Waals surface area contributed by atoms with Gasteiger partial charge < -0.3 is 4.42 Å². The first-order valence-electron chi connectivity index (χ1n) is 5.43. The second-order valence-corrected chi connectivity index (χ2v) is 6.50. The Bertz CT molecular complexity index is 437. The summed E-state index contributed by atoms with van der Waals surface area (Å²) in [6.45, 7) is 7.31. The summed E-state index contributed by atoms with van der Waals surface area (Å²) < 4.78 is 9.26. The Kier molecular flexibility index (Phi) is 3.26. The fraction of sp³-hybridized carbons (Fsp3) is 0.385. The van der Waals surface area contributed by atoms with Crippen LogP contribution in [-0.2, 0) is 6.54 Å². The van der Waals surface area contributed by atoms with Crippen LogP contribution in [0.5, 0.6) is 0 Å². The summed E-state index contributed by atoms with van der Waals surface area (Å²) in [5.41, 5.74) is 0.958. The first-order chi connectivity index (χ1) is 7.54. The highest BCUT2D eigenvalue weighted by Crippen LogP contribution is 2.22. The van der Waals surface area contributed by atoms with Crippen molar-refractivity contribution in [3.05, 3.63) is 36.1 Å². The Morgan fingerprint density at radius 2 is 2.00 bits per heavy atom. The lowest BCUT2D eigenvalue weighted by Crippen LogP contribution is -2.16. The second-order valence-electron chi connectivity index (χ2n) is 4.79. The average molecular weight is 235 g/mol. The molecule has 1 aromatic heterocycles. The van der Waals surface area contributed by atoms with Crippen LogP contribution < -0.4 is 4.72 Å². The molecule has 0 aliphatic heterocycles. The molecule has 0 aliphatic rings. The number of para-hydroxylation sites is 1. The van der Waals surface area contributed by atoms with Crippen molar-refractivity contribution in [3.63, 3.8) is 0 Å². The van der Waals surface area contributed by atoms with Crippen LogP contribution >= 0.6 is 11.9 Å². The highest BCUT2D eigenvalue weighted by atomic mass is 32.2. The summed E-state index contributed by atoms with van der Waals surface area (Å²) in [6, 6.07) is 10.2. The summed E-state index contributed by atoms with van der Waals surface area (Å²) in [5, 5.41) is 1.17. The zero-order chi connectivity index (χ0) is 11.6. The number of fused-ring (bicyclic) bond motifs is 1. The average Bonchev–Trinajstić information content (AvgIpc) is 2.57. The van der Waals surface area contributed by atoms with Gasteiger partial charge in [0.05, 0.1) is 6.54 Å². The van der Waals surface area contributed by atoms with Gasteiger partial charge in [-0.15, -0.1) is 0 Å². The van der Waals surface area contributed by atoms with Crippen LogP contribution in [0.3, 0.4) is 0 Å². The molecule has 0 saturated carbocycles. The Hall–Kier alpha value is -0.930. The molecule has 0 spiro atoms. The maximum atomic E-state index is 5.71. The molecule has 2 rings (SSSR count). The van der Waals surface area contributed by atoms with Crippen molar-refractivity contribution in [1.29, 1.82) is 0 Å². The van der Waals surface area contributed by atoms with E-state index in [1.807, 2.05) is 18.2 Å². The zero-order valence-electron chi connectivity index (χ0n) is 9.91. The predicted octanol–water partition coefficient (Wildman–Crippen LogP) is 3.97. The van der Waals surface area contributed by atoms with Crippen molar-refractivity contribution in [2.24, 2.45) is 0 Å². The van der Waals surface area contributed by atoms with E-state index in [0.29, 0.717) is 0 Å². The molecular formula is C13H17NOS. The van der Waals surface area contributed by atoms with Crippen LogP contribution in [0.1, 0.15) is 26.5 Å². The van der Waals surface area contributed by atoms with Crippen LogP contribution in [-0.4, -0.2) is 4.75 Å². The third-order valence-electron chi connectivity index (χ3n) is 2.10. The van der Waals surface area contributed by atoms with Gasteiger partial charge in [-0.1, -0.05) is 30.1 Å². The lowest BCUT2D eigenvalue weighted by molar-refractivity contribution is 0.544. The third kappa shape index (κ3) is 3.03. The smallest absolute Gasteiger partial charge is 0.134 e. The van der Waals surface area contributed by atoms with E-state index in [2.05, 4.69) is 37.6 Å². The third-order valence-corrected chi connectivity index (χ3v) is 3.00. The van der Waals surface area contributed by atoms with Crippen molar-refractivity contribution in [3.8, 4) is 0 Å². The number of benzene rings is 1. The lowest BCUT2D eigenvalue weighted by Gasteiger charge is -2.16. The molecule has 0 aliphatic carbocycles. The van der Waals surface area contributed by atoms with Gasteiger partial charge in [-0.25, -0.2) is 0 Å². The van der Waals surface area contributed by atoms with Gasteiger partial charge in [-0.05, 0) is 32.9 Å². The van der Waals surface area contributed by atoms with Crippen molar-refractivity contribution in [2.45, 2.75) is 32.1 Å². The zero-order valence-corrected chi connectivity index (χ0v) is 10.7. The minimum atomic E-state index is 0.228. The van der Waals surface area contributed by atoms with Crippen LogP contribution in [0.25, 0.3) is 11.0 Å².